The number of carbonyl (C=O) groups is 1. The zero-order valence-corrected chi connectivity index (χ0v) is 12.1. The summed E-state index contributed by atoms with van der Waals surface area (Å²) in [6, 6.07) is 5.55. The number of hydrogen-bond donors (Lipinski definition) is 0. The molecule has 4 nitrogen and oxygen atoms in total. The summed E-state index contributed by atoms with van der Waals surface area (Å²) in [7, 11) is 3.86. The van der Waals surface area contributed by atoms with E-state index in [1.807, 2.05) is 19.0 Å². The monoisotopic (exact) mass is 295 g/mol. The summed E-state index contributed by atoms with van der Waals surface area (Å²) in [4.78, 5) is 14.4. The van der Waals surface area contributed by atoms with E-state index in [0.717, 1.165) is 6.54 Å². The minimum atomic E-state index is -0.452. The molecule has 20 heavy (non-hydrogen) atoms. The van der Waals surface area contributed by atoms with Gasteiger partial charge in [0, 0.05) is 12.1 Å². The van der Waals surface area contributed by atoms with Crippen molar-refractivity contribution in [3.05, 3.63) is 52.6 Å². The van der Waals surface area contributed by atoms with Crippen LogP contribution in [0.5, 0.6) is 0 Å². The predicted octanol–water partition coefficient (Wildman–Crippen LogP) is 2.47. The SMILES string of the molecule is CN(C)CCn1ncc(Cl)c1C(=O)c1cccc(F)c1. The van der Waals surface area contributed by atoms with Crippen LogP contribution in [0.15, 0.2) is 30.5 Å². The van der Waals surface area contributed by atoms with E-state index in [2.05, 4.69) is 5.10 Å². The van der Waals surface area contributed by atoms with Gasteiger partial charge in [-0.05, 0) is 26.2 Å². The molecule has 0 fully saturated rings. The predicted molar refractivity (Wildman–Crippen MR) is 75.6 cm³/mol. The summed E-state index contributed by atoms with van der Waals surface area (Å²) in [6.45, 7) is 1.26. The van der Waals surface area contributed by atoms with Crippen molar-refractivity contribution >= 4 is 17.4 Å². The fourth-order valence-corrected chi connectivity index (χ4v) is 2.05. The Labute approximate surface area is 121 Å². The zero-order valence-electron chi connectivity index (χ0n) is 11.3. The molecule has 1 aromatic carbocycles. The minimum absolute atomic E-state index is 0.263. The highest BCUT2D eigenvalue weighted by Crippen LogP contribution is 2.19. The Bertz CT molecular complexity index is 625. The topological polar surface area (TPSA) is 38.1 Å². The maximum absolute atomic E-state index is 13.2. The zero-order chi connectivity index (χ0) is 14.7. The number of likely N-dealkylation sites (N-methyl/N-ethyl adjacent to an activating group) is 1. The van der Waals surface area contributed by atoms with Crippen LogP contribution in [0.25, 0.3) is 0 Å². The molecule has 106 valence electrons. The Morgan fingerprint density at radius 3 is 2.85 bits per heavy atom. The molecule has 0 N–H and O–H groups in total. The first-order chi connectivity index (χ1) is 9.49. The highest BCUT2D eigenvalue weighted by molar-refractivity contribution is 6.34. The van der Waals surface area contributed by atoms with E-state index < -0.39 is 5.82 Å². The first kappa shape index (κ1) is 14.7. The summed E-state index contributed by atoms with van der Waals surface area (Å²) in [6.07, 6.45) is 1.43. The first-order valence-corrected chi connectivity index (χ1v) is 6.53. The fraction of sp³-hybridized carbons (Fsp3) is 0.286. The number of nitrogens with zero attached hydrogens (tertiary/aromatic N) is 3. The van der Waals surface area contributed by atoms with Crippen LogP contribution in [0.2, 0.25) is 5.02 Å². The van der Waals surface area contributed by atoms with Gasteiger partial charge in [-0.3, -0.25) is 9.48 Å². The van der Waals surface area contributed by atoms with Gasteiger partial charge in [-0.1, -0.05) is 23.7 Å². The van der Waals surface area contributed by atoms with E-state index in [1.165, 1.54) is 24.4 Å². The average molecular weight is 296 g/mol. The van der Waals surface area contributed by atoms with Crippen molar-refractivity contribution in [2.75, 3.05) is 20.6 Å². The van der Waals surface area contributed by atoms with Gasteiger partial charge in [0.05, 0.1) is 17.8 Å². The van der Waals surface area contributed by atoms with Crippen molar-refractivity contribution in [2.45, 2.75) is 6.54 Å². The Morgan fingerprint density at radius 2 is 2.20 bits per heavy atom. The molecule has 0 aliphatic heterocycles. The highest BCUT2D eigenvalue weighted by atomic mass is 35.5. The molecule has 1 heterocycles. The van der Waals surface area contributed by atoms with Crippen molar-refractivity contribution < 1.29 is 9.18 Å². The van der Waals surface area contributed by atoms with E-state index in [4.69, 9.17) is 11.6 Å². The molecule has 2 rings (SSSR count). The van der Waals surface area contributed by atoms with Gasteiger partial charge in [0.25, 0.3) is 0 Å². The lowest BCUT2D eigenvalue weighted by molar-refractivity contribution is 0.102. The Morgan fingerprint density at radius 1 is 1.45 bits per heavy atom. The lowest BCUT2D eigenvalue weighted by Crippen LogP contribution is -2.21. The Hall–Kier alpha value is -1.72. The van der Waals surface area contributed by atoms with Crippen molar-refractivity contribution in [3.8, 4) is 0 Å². The number of benzene rings is 1. The molecule has 0 aliphatic rings. The largest absolute Gasteiger partial charge is 0.308 e. The van der Waals surface area contributed by atoms with Gasteiger partial charge < -0.3 is 4.90 Å². The van der Waals surface area contributed by atoms with Gasteiger partial charge in [0.1, 0.15) is 11.5 Å². The second-order valence-electron chi connectivity index (χ2n) is 4.71. The quantitative estimate of drug-likeness (QED) is 0.795. The van der Waals surface area contributed by atoms with E-state index >= 15 is 0 Å². The van der Waals surface area contributed by atoms with Crippen molar-refractivity contribution in [2.24, 2.45) is 0 Å². The summed E-state index contributed by atoms with van der Waals surface area (Å²) in [5, 5.41) is 4.38. The molecule has 0 radical (unpaired) electrons. The van der Waals surface area contributed by atoms with Crippen LogP contribution in [-0.2, 0) is 6.54 Å². The minimum Gasteiger partial charge on any atom is -0.308 e. The number of carbonyl (C=O) groups excluding carboxylic acids is 1. The normalized spacial score (nSPS) is 11.1. The molecule has 0 saturated heterocycles. The number of aromatic nitrogens is 2. The standard InChI is InChI=1S/C14H15ClFN3O/c1-18(2)6-7-19-13(12(15)9-17-19)14(20)10-4-3-5-11(16)8-10/h3-5,8-9H,6-7H2,1-2H3. The molecule has 0 spiro atoms. The van der Waals surface area contributed by atoms with Crippen LogP contribution in [0.1, 0.15) is 16.1 Å². The maximum atomic E-state index is 13.2. The third-order valence-corrected chi connectivity index (χ3v) is 3.13. The Kier molecular flexibility index (Phi) is 4.52. The van der Waals surface area contributed by atoms with E-state index in [9.17, 15) is 9.18 Å². The van der Waals surface area contributed by atoms with Gasteiger partial charge in [-0.2, -0.15) is 5.10 Å². The van der Waals surface area contributed by atoms with Gasteiger partial charge in [0.2, 0.25) is 5.78 Å². The molecule has 0 amide bonds. The van der Waals surface area contributed by atoms with Crippen molar-refractivity contribution in [1.82, 2.24) is 14.7 Å². The lowest BCUT2D eigenvalue weighted by atomic mass is 10.1. The summed E-state index contributed by atoms with van der Waals surface area (Å²) >= 11 is 6.03. The highest BCUT2D eigenvalue weighted by Gasteiger charge is 2.19. The molecule has 0 saturated carbocycles. The molecule has 6 heteroatoms. The van der Waals surface area contributed by atoms with Gasteiger partial charge >= 0.3 is 0 Å². The summed E-state index contributed by atoms with van der Waals surface area (Å²) in [5.41, 5.74) is 0.553. The number of ketones is 1. The average Bonchev–Trinajstić information content (AvgIpc) is 2.76. The van der Waals surface area contributed by atoms with Gasteiger partial charge in [-0.25, -0.2) is 4.39 Å². The van der Waals surface area contributed by atoms with Crippen LogP contribution in [0, 0.1) is 5.82 Å². The Balaban J connectivity index is 2.32. The van der Waals surface area contributed by atoms with E-state index in [0.29, 0.717) is 12.2 Å². The van der Waals surface area contributed by atoms with E-state index in [-0.39, 0.29) is 16.4 Å². The molecular weight excluding hydrogens is 281 g/mol. The van der Waals surface area contributed by atoms with E-state index in [1.54, 1.807) is 10.7 Å². The third kappa shape index (κ3) is 3.23. The van der Waals surface area contributed by atoms with Crippen LogP contribution < -0.4 is 0 Å². The lowest BCUT2D eigenvalue weighted by Gasteiger charge is -2.11. The van der Waals surface area contributed by atoms with Crippen LogP contribution in [0.3, 0.4) is 0 Å². The number of hydrogen-bond acceptors (Lipinski definition) is 3. The maximum Gasteiger partial charge on any atom is 0.212 e. The summed E-state index contributed by atoms with van der Waals surface area (Å²) in [5.74, 6) is -0.780. The summed E-state index contributed by atoms with van der Waals surface area (Å²) < 4.78 is 14.8. The smallest absolute Gasteiger partial charge is 0.212 e. The fourth-order valence-electron chi connectivity index (χ4n) is 1.82. The van der Waals surface area contributed by atoms with Crippen LogP contribution in [-0.4, -0.2) is 41.1 Å². The third-order valence-electron chi connectivity index (χ3n) is 2.86. The molecule has 0 bridgehead atoms. The molecular formula is C14H15ClFN3O. The number of rotatable bonds is 5. The molecule has 0 aliphatic carbocycles. The molecule has 0 atom stereocenters. The first-order valence-electron chi connectivity index (χ1n) is 6.15. The van der Waals surface area contributed by atoms with Crippen molar-refractivity contribution in [3.63, 3.8) is 0 Å². The molecule has 0 unspecified atom stereocenters. The van der Waals surface area contributed by atoms with Crippen molar-refractivity contribution in [1.29, 1.82) is 0 Å². The van der Waals surface area contributed by atoms with Gasteiger partial charge in [-0.15, -0.1) is 0 Å². The second-order valence-corrected chi connectivity index (χ2v) is 5.11. The molecule has 2 aromatic rings. The number of halogens is 2. The van der Waals surface area contributed by atoms with Gasteiger partial charge in [0.15, 0.2) is 0 Å². The molecule has 1 aromatic heterocycles. The van der Waals surface area contributed by atoms with Crippen LogP contribution in [0.4, 0.5) is 4.39 Å². The van der Waals surface area contributed by atoms with Crippen LogP contribution >= 0.6 is 11.6 Å². The second kappa shape index (κ2) is 6.15.